The van der Waals surface area contributed by atoms with E-state index in [4.69, 9.17) is 4.42 Å². The molecule has 0 aliphatic heterocycles. The summed E-state index contributed by atoms with van der Waals surface area (Å²) in [6, 6.07) is 9.72. The lowest BCUT2D eigenvalue weighted by Crippen LogP contribution is -2.26. The molecular weight excluding hydrogens is 350 g/mol. The number of hydrogen-bond acceptors (Lipinski definition) is 4. The second-order valence-corrected chi connectivity index (χ2v) is 5.84. The van der Waals surface area contributed by atoms with E-state index in [1.807, 2.05) is 0 Å². The zero-order valence-corrected chi connectivity index (χ0v) is 13.9. The van der Waals surface area contributed by atoms with Crippen LogP contribution < -0.4 is 10.6 Å². The van der Waals surface area contributed by atoms with Crippen LogP contribution in [0.1, 0.15) is 12.2 Å². The number of carbonyl (C=O) groups is 2. The van der Waals surface area contributed by atoms with Gasteiger partial charge in [0.25, 0.3) is 5.76 Å². The van der Waals surface area contributed by atoms with Crippen molar-refractivity contribution >= 4 is 35.3 Å². The third kappa shape index (κ3) is 6.80. The minimum atomic E-state index is -2.57. The molecular formula is C17H16F2N2O3S. The van der Waals surface area contributed by atoms with E-state index in [1.54, 1.807) is 30.3 Å². The average molecular weight is 366 g/mol. The number of furan rings is 1. The Morgan fingerprint density at radius 2 is 2.00 bits per heavy atom. The van der Waals surface area contributed by atoms with Crippen LogP contribution in [0.3, 0.4) is 0 Å². The van der Waals surface area contributed by atoms with Crippen LogP contribution in [0, 0.1) is 0 Å². The van der Waals surface area contributed by atoms with Crippen molar-refractivity contribution in [1.82, 2.24) is 5.32 Å². The van der Waals surface area contributed by atoms with Gasteiger partial charge in [0.15, 0.2) is 0 Å². The van der Waals surface area contributed by atoms with Crippen molar-refractivity contribution < 1.29 is 22.8 Å². The van der Waals surface area contributed by atoms with Crippen molar-refractivity contribution in [3.8, 4) is 0 Å². The molecule has 1 heterocycles. The Morgan fingerprint density at radius 1 is 1.20 bits per heavy atom. The number of para-hydroxylation sites is 1. The molecule has 0 saturated carbocycles. The highest BCUT2D eigenvalue weighted by atomic mass is 32.2. The molecule has 0 unspecified atom stereocenters. The summed E-state index contributed by atoms with van der Waals surface area (Å²) in [4.78, 5) is 23.8. The molecule has 0 aliphatic rings. The molecule has 2 N–H and O–H groups in total. The number of carbonyl (C=O) groups excluding carboxylic acids is 2. The third-order valence-corrected chi connectivity index (χ3v) is 3.76. The SMILES string of the molecule is O=C(C=Cc1ccco1)NCCC(=O)Nc1ccccc1SC(F)F. The summed E-state index contributed by atoms with van der Waals surface area (Å²) in [5.41, 5.74) is 0.321. The fourth-order valence-electron chi connectivity index (χ4n) is 1.88. The molecule has 0 atom stereocenters. The topological polar surface area (TPSA) is 71.3 Å². The quantitative estimate of drug-likeness (QED) is 0.551. The molecule has 1 aromatic heterocycles. The third-order valence-electron chi connectivity index (χ3n) is 2.97. The Labute approximate surface area is 147 Å². The van der Waals surface area contributed by atoms with E-state index in [0.29, 0.717) is 23.2 Å². The summed E-state index contributed by atoms with van der Waals surface area (Å²) in [6.45, 7) is 0.122. The van der Waals surface area contributed by atoms with E-state index in [2.05, 4.69) is 10.6 Å². The monoisotopic (exact) mass is 366 g/mol. The van der Waals surface area contributed by atoms with Crippen LogP contribution in [-0.2, 0) is 9.59 Å². The van der Waals surface area contributed by atoms with Crippen LogP contribution in [0.4, 0.5) is 14.5 Å². The van der Waals surface area contributed by atoms with Crippen LogP contribution in [0.2, 0.25) is 0 Å². The highest BCUT2D eigenvalue weighted by molar-refractivity contribution is 7.99. The Kier molecular flexibility index (Phi) is 7.21. The van der Waals surface area contributed by atoms with Crippen LogP contribution in [-0.4, -0.2) is 24.1 Å². The maximum absolute atomic E-state index is 12.5. The maximum Gasteiger partial charge on any atom is 0.288 e. The van der Waals surface area contributed by atoms with E-state index in [9.17, 15) is 18.4 Å². The first kappa shape index (κ1) is 18.7. The standard InChI is InChI=1S/C17H16F2N2O3S/c18-17(19)25-14-6-2-1-5-13(14)21-16(23)9-10-20-15(22)8-7-12-4-3-11-24-12/h1-8,11,17H,9-10H2,(H,20,22)(H,21,23). The van der Waals surface area contributed by atoms with Gasteiger partial charge in [-0.15, -0.1) is 0 Å². The number of benzene rings is 1. The van der Waals surface area contributed by atoms with Gasteiger partial charge in [-0.05, 0) is 30.3 Å². The Hall–Kier alpha value is -2.61. The first-order valence-corrected chi connectivity index (χ1v) is 8.25. The van der Waals surface area contributed by atoms with Gasteiger partial charge in [-0.25, -0.2) is 0 Å². The van der Waals surface area contributed by atoms with E-state index in [0.717, 1.165) is 0 Å². The lowest BCUT2D eigenvalue weighted by Gasteiger charge is -2.10. The summed E-state index contributed by atoms with van der Waals surface area (Å²) in [6.07, 6.45) is 4.32. The second kappa shape index (κ2) is 9.63. The molecule has 0 aliphatic carbocycles. The summed E-state index contributed by atoms with van der Waals surface area (Å²) in [5, 5.41) is 5.12. The normalized spacial score (nSPS) is 11.0. The minimum absolute atomic E-state index is 0.0218. The molecule has 2 rings (SSSR count). The predicted octanol–water partition coefficient (Wildman–Crippen LogP) is 3.75. The summed E-state index contributed by atoms with van der Waals surface area (Å²) >= 11 is 0.365. The van der Waals surface area contributed by atoms with Gasteiger partial charge in [0.05, 0.1) is 12.0 Å². The van der Waals surface area contributed by atoms with Crippen LogP contribution in [0.25, 0.3) is 6.08 Å². The first-order valence-electron chi connectivity index (χ1n) is 7.37. The number of halogens is 2. The molecule has 0 saturated heterocycles. The molecule has 132 valence electrons. The lowest BCUT2D eigenvalue weighted by atomic mass is 10.3. The number of anilines is 1. The van der Waals surface area contributed by atoms with Gasteiger partial charge in [-0.3, -0.25) is 9.59 Å². The first-order chi connectivity index (χ1) is 12.0. The molecule has 2 aromatic rings. The van der Waals surface area contributed by atoms with E-state index >= 15 is 0 Å². The fraction of sp³-hybridized carbons (Fsp3) is 0.176. The van der Waals surface area contributed by atoms with Gasteiger partial charge >= 0.3 is 0 Å². The molecule has 0 radical (unpaired) electrons. The van der Waals surface area contributed by atoms with Gasteiger partial charge in [0, 0.05) is 23.9 Å². The van der Waals surface area contributed by atoms with Crippen molar-refractivity contribution in [1.29, 1.82) is 0 Å². The molecule has 0 fully saturated rings. The lowest BCUT2D eigenvalue weighted by molar-refractivity contribution is -0.117. The Bertz CT molecular complexity index is 733. The zero-order valence-electron chi connectivity index (χ0n) is 13.1. The minimum Gasteiger partial charge on any atom is -0.465 e. The number of amides is 2. The van der Waals surface area contributed by atoms with E-state index in [1.165, 1.54) is 24.5 Å². The molecule has 5 nitrogen and oxygen atoms in total. The summed E-state index contributed by atoms with van der Waals surface area (Å²) in [5.74, 6) is -2.77. The van der Waals surface area contributed by atoms with Gasteiger partial charge in [-0.1, -0.05) is 23.9 Å². The zero-order chi connectivity index (χ0) is 18.1. The molecule has 1 aromatic carbocycles. The number of rotatable bonds is 8. The van der Waals surface area contributed by atoms with Crippen LogP contribution in [0.15, 0.2) is 58.1 Å². The number of hydrogen-bond donors (Lipinski definition) is 2. The van der Waals surface area contributed by atoms with Gasteiger partial charge in [0.1, 0.15) is 5.76 Å². The number of thioether (sulfide) groups is 1. The molecule has 0 spiro atoms. The largest absolute Gasteiger partial charge is 0.465 e. The average Bonchev–Trinajstić information content (AvgIpc) is 3.08. The smallest absolute Gasteiger partial charge is 0.288 e. The number of nitrogens with one attached hydrogen (secondary N) is 2. The van der Waals surface area contributed by atoms with Crippen molar-refractivity contribution in [2.45, 2.75) is 17.1 Å². The van der Waals surface area contributed by atoms with Gasteiger partial charge < -0.3 is 15.1 Å². The van der Waals surface area contributed by atoms with Crippen molar-refractivity contribution in [3.05, 3.63) is 54.5 Å². The van der Waals surface area contributed by atoms with E-state index < -0.39 is 5.76 Å². The fourth-order valence-corrected chi connectivity index (χ4v) is 2.48. The Balaban J connectivity index is 1.76. The highest BCUT2D eigenvalue weighted by Gasteiger charge is 2.11. The van der Waals surface area contributed by atoms with Crippen LogP contribution >= 0.6 is 11.8 Å². The second-order valence-electron chi connectivity index (χ2n) is 4.81. The molecule has 25 heavy (non-hydrogen) atoms. The van der Waals surface area contributed by atoms with Crippen molar-refractivity contribution in [2.24, 2.45) is 0 Å². The van der Waals surface area contributed by atoms with Crippen LogP contribution in [0.5, 0.6) is 0 Å². The predicted molar refractivity (Wildman–Crippen MR) is 92.3 cm³/mol. The van der Waals surface area contributed by atoms with E-state index in [-0.39, 0.29) is 29.7 Å². The van der Waals surface area contributed by atoms with Crippen molar-refractivity contribution in [2.75, 3.05) is 11.9 Å². The van der Waals surface area contributed by atoms with Crippen molar-refractivity contribution in [3.63, 3.8) is 0 Å². The van der Waals surface area contributed by atoms with Gasteiger partial charge in [-0.2, -0.15) is 8.78 Å². The molecule has 2 amide bonds. The summed E-state index contributed by atoms with van der Waals surface area (Å²) in [7, 11) is 0. The molecule has 8 heteroatoms. The maximum atomic E-state index is 12.5. The number of alkyl halides is 2. The highest BCUT2D eigenvalue weighted by Crippen LogP contribution is 2.31. The summed E-state index contributed by atoms with van der Waals surface area (Å²) < 4.78 is 30.0. The molecule has 0 bridgehead atoms. The Morgan fingerprint density at radius 3 is 2.72 bits per heavy atom. The van der Waals surface area contributed by atoms with Gasteiger partial charge in [0.2, 0.25) is 11.8 Å².